The molecule has 1 atom stereocenters. The van der Waals surface area contributed by atoms with Crippen LogP contribution in [-0.4, -0.2) is 49.8 Å². The van der Waals surface area contributed by atoms with Crippen molar-refractivity contribution in [3.63, 3.8) is 0 Å². The predicted molar refractivity (Wildman–Crippen MR) is 87.2 cm³/mol. The topological polar surface area (TPSA) is 24.5 Å². The second kappa shape index (κ2) is 9.01. The van der Waals surface area contributed by atoms with Crippen molar-refractivity contribution in [3.8, 4) is 0 Å². The van der Waals surface area contributed by atoms with Crippen molar-refractivity contribution in [2.24, 2.45) is 5.41 Å². The first kappa shape index (κ1) is 17.9. The molecule has 3 nitrogen and oxygen atoms in total. The van der Waals surface area contributed by atoms with E-state index in [1.54, 1.807) is 0 Å². The Bertz CT molecular complexity index is 247. The van der Waals surface area contributed by atoms with Gasteiger partial charge in [-0.2, -0.15) is 0 Å². The standard InChI is InChI=1S/C17H36N2O/c1-6-7-8-10-19(16(4)5)13-17(9-11-20-14-17)12-18-15(2)3/h15-16,18H,6-14H2,1-5H3. The molecule has 1 rings (SSSR count). The van der Waals surface area contributed by atoms with Crippen LogP contribution in [0.3, 0.4) is 0 Å². The fourth-order valence-corrected chi connectivity index (χ4v) is 2.91. The van der Waals surface area contributed by atoms with Gasteiger partial charge in [0.25, 0.3) is 0 Å². The fourth-order valence-electron chi connectivity index (χ4n) is 2.91. The lowest BCUT2D eigenvalue weighted by atomic mass is 9.85. The van der Waals surface area contributed by atoms with Crippen molar-refractivity contribution in [2.45, 2.75) is 72.4 Å². The predicted octanol–water partition coefficient (Wildman–Crippen LogP) is 3.29. The molecule has 1 unspecified atom stereocenters. The zero-order chi connectivity index (χ0) is 15.0. The molecule has 0 aromatic heterocycles. The number of ether oxygens (including phenoxy) is 1. The third-order valence-corrected chi connectivity index (χ3v) is 4.39. The molecule has 3 heteroatoms. The Morgan fingerprint density at radius 2 is 1.95 bits per heavy atom. The van der Waals surface area contributed by atoms with Crippen LogP contribution < -0.4 is 5.32 Å². The molecule has 0 bridgehead atoms. The molecule has 0 amide bonds. The lowest BCUT2D eigenvalue weighted by Gasteiger charge is -2.37. The van der Waals surface area contributed by atoms with Crippen LogP contribution in [0.4, 0.5) is 0 Å². The van der Waals surface area contributed by atoms with Crippen LogP contribution in [0.2, 0.25) is 0 Å². The normalized spacial score (nSPS) is 23.4. The fraction of sp³-hybridized carbons (Fsp3) is 1.00. The summed E-state index contributed by atoms with van der Waals surface area (Å²) in [4.78, 5) is 2.66. The van der Waals surface area contributed by atoms with Gasteiger partial charge in [-0.05, 0) is 33.2 Å². The molecule has 120 valence electrons. The summed E-state index contributed by atoms with van der Waals surface area (Å²) in [5, 5.41) is 3.63. The van der Waals surface area contributed by atoms with Crippen molar-refractivity contribution in [3.05, 3.63) is 0 Å². The lowest BCUT2D eigenvalue weighted by Crippen LogP contribution is -2.48. The lowest BCUT2D eigenvalue weighted by molar-refractivity contribution is 0.0902. The highest BCUT2D eigenvalue weighted by Gasteiger charge is 2.36. The molecule has 1 saturated heterocycles. The van der Waals surface area contributed by atoms with Crippen molar-refractivity contribution in [1.29, 1.82) is 0 Å². The summed E-state index contributed by atoms with van der Waals surface area (Å²) < 4.78 is 5.73. The first-order valence-corrected chi connectivity index (χ1v) is 8.54. The number of nitrogens with one attached hydrogen (secondary N) is 1. The highest BCUT2D eigenvalue weighted by atomic mass is 16.5. The summed E-state index contributed by atoms with van der Waals surface area (Å²) in [6.45, 7) is 16.7. The molecule has 0 radical (unpaired) electrons. The van der Waals surface area contributed by atoms with Gasteiger partial charge in [-0.1, -0.05) is 33.6 Å². The molecular formula is C17H36N2O. The van der Waals surface area contributed by atoms with Gasteiger partial charge in [0.15, 0.2) is 0 Å². The van der Waals surface area contributed by atoms with Crippen LogP contribution >= 0.6 is 0 Å². The van der Waals surface area contributed by atoms with E-state index in [-0.39, 0.29) is 0 Å². The molecule has 0 aromatic carbocycles. The van der Waals surface area contributed by atoms with Crippen molar-refractivity contribution in [2.75, 3.05) is 32.8 Å². The Kier molecular flexibility index (Phi) is 8.08. The van der Waals surface area contributed by atoms with Gasteiger partial charge in [-0.3, -0.25) is 0 Å². The van der Waals surface area contributed by atoms with Gasteiger partial charge in [0.2, 0.25) is 0 Å². The average molecular weight is 284 g/mol. The minimum atomic E-state index is 0.320. The van der Waals surface area contributed by atoms with Crippen LogP contribution in [0.15, 0.2) is 0 Å². The molecule has 1 aliphatic heterocycles. The smallest absolute Gasteiger partial charge is 0.0547 e. The maximum Gasteiger partial charge on any atom is 0.0547 e. The SMILES string of the molecule is CCCCCN(CC1(CNC(C)C)CCOC1)C(C)C. The molecule has 0 aliphatic carbocycles. The van der Waals surface area contributed by atoms with Gasteiger partial charge >= 0.3 is 0 Å². The number of unbranched alkanes of at least 4 members (excludes halogenated alkanes) is 2. The van der Waals surface area contributed by atoms with E-state index in [1.807, 2.05) is 0 Å². The summed E-state index contributed by atoms with van der Waals surface area (Å²) in [6, 6.07) is 1.18. The summed E-state index contributed by atoms with van der Waals surface area (Å²) in [5.41, 5.74) is 0.320. The van der Waals surface area contributed by atoms with Gasteiger partial charge in [0, 0.05) is 37.2 Å². The van der Waals surface area contributed by atoms with E-state index in [0.29, 0.717) is 17.5 Å². The highest BCUT2D eigenvalue weighted by Crippen LogP contribution is 2.30. The quantitative estimate of drug-likeness (QED) is 0.623. The second-order valence-corrected chi connectivity index (χ2v) is 7.11. The van der Waals surface area contributed by atoms with E-state index >= 15 is 0 Å². The van der Waals surface area contributed by atoms with E-state index in [9.17, 15) is 0 Å². The van der Waals surface area contributed by atoms with Crippen LogP contribution in [0, 0.1) is 5.41 Å². The molecule has 1 N–H and O–H groups in total. The van der Waals surface area contributed by atoms with Crippen LogP contribution in [0.25, 0.3) is 0 Å². The van der Waals surface area contributed by atoms with Gasteiger partial charge in [-0.25, -0.2) is 0 Å². The maximum atomic E-state index is 5.73. The summed E-state index contributed by atoms with van der Waals surface area (Å²) >= 11 is 0. The second-order valence-electron chi connectivity index (χ2n) is 7.11. The largest absolute Gasteiger partial charge is 0.381 e. The van der Waals surface area contributed by atoms with Crippen LogP contribution in [-0.2, 0) is 4.74 Å². The minimum Gasteiger partial charge on any atom is -0.381 e. The van der Waals surface area contributed by atoms with E-state index < -0.39 is 0 Å². The van der Waals surface area contributed by atoms with E-state index in [4.69, 9.17) is 4.74 Å². The van der Waals surface area contributed by atoms with E-state index in [1.165, 1.54) is 38.8 Å². The first-order valence-electron chi connectivity index (χ1n) is 8.54. The molecular weight excluding hydrogens is 248 g/mol. The summed E-state index contributed by atoms with van der Waals surface area (Å²) in [6.07, 6.45) is 5.17. The molecule has 0 aromatic rings. The molecule has 20 heavy (non-hydrogen) atoms. The van der Waals surface area contributed by atoms with Gasteiger partial charge in [0.05, 0.1) is 6.61 Å². The highest BCUT2D eigenvalue weighted by molar-refractivity contribution is 4.89. The van der Waals surface area contributed by atoms with Crippen molar-refractivity contribution >= 4 is 0 Å². The van der Waals surface area contributed by atoms with Gasteiger partial charge in [-0.15, -0.1) is 0 Å². The Balaban J connectivity index is 2.55. The summed E-state index contributed by atoms with van der Waals surface area (Å²) in [7, 11) is 0. The monoisotopic (exact) mass is 284 g/mol. The third kappa shape index (κ3) is 6.11. The molecule has 0 spiro atoms. The number of rotatable bonds is 10. The number of hydrogen-bond acceptors (Lipinski definition) is 3. The first-order chi connectivity index (χ1) is 9.49. The Morgan fingerprint density at radius 3 is 2.45 bits per heavy atom. The van der Waals surface area contributed by atoms with E-state index in [0.717, 1.165) is 19.8 Å². The number of hydrogen-bond donors (Lipinski definition) is 1. The average Bonchev–Trinajstić information content (AvgIpc) is 2.84. The maximum absolute atomic E-state index is 5.73. The van der Waals surface area contributed by atoms with Gasteiger partial charge < -0.3 is 15.0 Å². The minimum absolute atomic E-state index is 0.320. The Morgan fingerprint density at radius 1 is 1.20 bits per heavy atom. The van der Waals surface area contributed by atoms with Crippen molar-refractivity contribution < 1.29 is 4.74 Å². The Labute approximate surface area is 126 Å². The number of nitrogens with zero attached hydrogens (tertiary/aromatic N) is 1. The molecule has 1 heterocycles. The third-order valence-electron chi connectivity index (χ3n) is 4.39. The molecule has 1 aliphatic rings. The van der Waals surface area contributed by atoms with Gasteiger partial charge in [0.1, 0.15) is 0 Å². The van der Waals surface area contributed by atoms with Crippen molar-refractivity contribution in [1.82, 2.24) is 10.2 Å². The van der Waals surface area contributed by atoms with E-state index in [2.05, 4.69) is 44.8 Å². The van der Waals surface area contributed by atoms with Crippen LogP contribution in [0.1, 0.15) is 60.3 Å². The molecule has 1 fully saturated rings. The Hall–Kier alpha value is -0.120. The van der Waals surface area contributed by atoms with Crippen LogP contribution in [0.5, 0.6) is 0 Å². The molecule has 0 saturated carbocycles. The zero-order valence-corrected chi connectivity index (χ0v) is 14.4. The zero-order valence-electron chi connectivity index (χ0n) is 14.4. The summed E-state index contributed by atoms with van der Waals surface area (Å²) in [5.74, 6) is 0.